The van der Waals surface area contributed by atoms with E-state index in [0.717, 1.165) is 71.5 Å². The van der Waals surface area contributed by atoms with Gasteiger partial charge in [-0.15, -0.1) is 0 Å². The lowest BCUT2D eigenvalue weighted by Gasteiger charge is -2.37. The first-order chi connectivity index (χ1) is 13.2. The highest BCUT2D eigenvalue weighted by atomic mass is 16.3. The number of aryl methyl sites for hydroxylation is 1. The Labute approximate surface area is 163 Å². The van der Waals surface area contributed by atoms with Gasteiger partial charge in [-0.25, -0.2) is 4.79 Å². The number of benzene rings is 1. The van der Waals surface area contributed by atoms with E-state index in [-0.39, 0.29) is 12.1 Å². The zero-order chi connectivity index (χ0) is 19.1. The molecular weight excluding hydrogens is 340 g/mol. The number of carbonyl (C=O) groups is 1. The normalized spacial score (nSPS) is 21.3. The van der Waals surface area contributed by atoms with Crippen molar-refractivity contribution in [1.29, 1.82) is 0 Å². The predicted octanol–water partition coefficient (Wildman–Crippen LogP) is 1.93. The van der Waals surface area contributed by atoms with E-state index in [1.54, 1.807) is 0 Å². The van der Waals surface area contributed by atoms with Crippen molar-refractivity contribution in [3.63, 3.8) is 0 Å². The number of amides is 2. The van der Waals surface area contributed by atoms with Crippen molar-refractivity contribution in [1.82, 2.24) is 15.1 Å². The fraction of sp³-hybridized carbons (Fsp3) is 0.667. The summed E-state index contributed by atoms with van der Waals surface area (Å²) in [6.45, 7) is 8.97. The molecule has 0 saturated carbocycles. The van der Waals surface area contributed by atoms with Gasteiger partial charge in [-0.3, -0.25) is 0 Å². The van der Waals surface area contributed by atoms with Crippen molar-refractivity contribution >= 4 is 11.7 Å². The highest BCUT2D eigenvalue weighted by Gasteiger charge is 2.22. The summed E-state index contributed by atoms with van der Waals surface area (Å²) in [4.78, 5) is 19.0. The molecule has 2 fully saturated rings. The number of para-hydroxylation sites is 1. The largest absolute Gasteiger partial charge is 0.392 e. The number of piperazine rings is 1. The van der Waals surface area contributed by atoms with Crippen LogP contribution in [0.15, 0.2) is 24.3 Å². The van der Waals surface area contributed by atoms with E-state index in [1.807, 2.05) is 4.90 Å². The standard InChI is InChI=1S/C21H34N4O2/c1-2-18-7-3-4-9-20(18)24-13-15-25(16-14-24)21(27)22-10-6-12-23-11-5-8-19(26)17-23/h3-4,7,9,19,26H,2,5-6,8,10-17H2,1H3,(H,22,27)/t19-/m0/s1. The molecule has 2 aliphatic rings. The third-order valence-corrected chi connectivity index (χ3v) is 5.69. The number of piperidine rings is 1. The molecule has 3 rings (SSSR count). The number of likely N-dealkylation sites (tertiary alicyclic amines) is 1. The first-order valence-corrected chi connectivity index (χ1v) is 10.4. The number of aliphatic hydroxyl groups is 1. The second-order valence-corrected chi connectivity index (χ2v) is 7.64. The lowest BCUT2D eigenvalue weighted by molar-refractivity contribution is 0.0702. The van der Waals surface area contributed by atoms with Crippen molar-refractivity contribution in [2.45, 2.75) is 38.7 Å². The number of nitrogens with one attached hydrogen (secondary N) is 1. The fourth-order valence-electron chi connectivity index (χ4n) is 4.11. The van der Waals surface area contributed by atoms with Crippen LogP contribution in [0.3, 0.4) is 0 Å². The van der Waals surface area contributed by atoms with Crippen molar-refractivity contribution < 1.29 is 9.90 Å². The number of hydrogen-bond donors (Lipinski definition) is 2. The number of β-amino-alcohol motifs (C(OH)–C–C–N with tert-alkyl or cyclic N) is 1. The van der Waals surface area contributed by atoms with Crippen LogP contribution < -0.4 is 10.2 Å². The third-order valence-electron chi connectivity index (χ3n) is 5.69. The Balaban J connectivity index is 1.36. The van der Waals surface area contributed by atoms with Crippen LogP contribution in [0.25, 0.3) is 0 Å². The van der Waals surface area contributed by atoms with Gasteiger partial charge in [0.15, 0.2) is 0 Å². The lowest BCUT2D eigenvalue weighted by atomic mass is 10.1. The third kappa shape index (κ3) is 5.59. The number of aliphatic hydroxyl groups excluding tert-OH is 1. The van der Waals surface area contributed by atoms with Crippen LogP contribution in [-0.2, 0) is 6.42 Å². The molecule has 150 valence electrons. The van der Waals surface area contributed by atoms with Crippen LogP contribution in [0.2, 0.25) is 0 Å². The van der Waals surface area contributed by atoms with Gasteiger partial charge in [0.2, 0.25) is 0 Å². The molecule has 0 bridgehead atoms. The van der Waals surface area contributed by atoms with Gasteiger partial charge in [0.25, 0.3) is 0 Å². The van der Waals surface area contributed by atoms with Crippen molar-refractivity contribution in [3.05, 3.63) is 29.8 Å². The molecule has 0 spiro atoms. The summed E-state index contributed by atoms with van der Waals surface area (Å²) in [6, 6.07) is 8.62. The van der Waals surface area contributed by atoms with E-state index in [4.69, 9.17) is 0 Å². The fourth-order valence-corrected chi connectivity index (χ4v) is 4.11. The number of urea groups is 1. The zero-order valence-corrected chi connectivity index (χ0v) is 16.6. The van der Waals surface area contributed by atoms with E-state index in [9.17, 15) is 9.90 Å². The van der Waals surface area contributed by atoms with Crippen molar-refractivity contribution in [3.8, 4) is 0 Å². The van der Waals surface area contributed by atoms with Gasteiger partial charge >= 0.3 is 6.03 Å². The first kappa shape index (κ1) is 20.0. The minimum atomic E-state index is -0.178. The highest BCUT2D eigenvalue weighted by molar-refractivity contribution is 5.74. The van der Waals surface area contributed by atoms with E-state index in [1.165, 1.54) is 11.3 Å². The van der Waals surface area contributed by atoms with Gasteiger partial charge in [0.1, 0.15) is 0 Å². The van der Waals surface area contributed by atoms with E-state index >= 15 is 0 Å². The molecule has 0 unspecified atom stereocenters. The van der Waals surface area contributed by atoms with Crippen LogP contribution in [0, 0.1) is 0 Å². The number of carbonyl (C=O) groups excluding carboxylic acids is 1. The Bertz CT molecular complexity index is 602. The topological polar surface area (TPSA) is 59.0 Å². The molecule has 2 amide bonds. The summed E-state index contributed by atoms with van der Waals surface area (Å²) in [5, 5.41) is 12.8. The maximum Gasteiger partial charge on any atom is 0.317 e. The average Bonchev–Trinajstić information content (AvgIpc) is 2.71. The van der Waals surface area contributed by atoms with Crippen LogP contribution in [-0.4, -0.2) is 79.4 Å². The summed E-state index contributed by atoms with van der Waals surface area (Å²) in [5.41, 5.74) is 2.68. The molecule has 1 atom stereocenters. The first-order valence-electron chi connectivity index (χ1n) is 10.4. The van der Waals surface area contributed by atoms with E-state index in [0.29, 0.717) is 6.54 Å². The molecule has 2 N–H and O–H groups in total. The number of nitrogens with zero attached hydrogens (tertiary/aromatic N) is 3. The average molecular weight is 375 g/mol. The van der Waals surface area contributed by atoms with Crippen molar-refractivity contribution in [2.75, 3.05) is 57.3 Å². The number of anilines is 1. The highest BCUT2D eigenvalue weighted by Crippen LogP contribution is 2.22. The monoisotopic (exact) mass is 374 g/mol. The summed E-state index contributed by atoms with van der Waals surface area (Å²) in [6.07, 6.45) is 3.77. The van der Waals surface area contributed by atoms with Gasteiger partial charge in [0, 0.05) is 45.0 Å². The predicted molar refractivity (Wildman–Crippen MR) is 109 cm³/mol. The smallest absolute Gasteiger partial charge is 0.317 e. The summed E-state index contributed by atoms with van der Waals surface area (Å²) < 4.78 is 0. The van der Waals surface area contributed by atoms with Crippen LogP contribution >= 0.6 is 0 Å². The van der Waals surface area contributed by atoms with Gasteiger partial charge < -0.3 is 25.1 Å². The summed E-state index contributed by atoms with van der Waals surface area (Å²) in [5.74, 6) is 0. The zero-order valence-electron chi connectivity index (χ0n) is 16.6. The van der Waals surface area contributed by atoms with Crippen LogP contribution in [0.4, 0.5) is 10.5 Å². The quantitative estimate of drug-likeness (QED) is 0.747. The maximum absolute atomic E-state index is 12.4. The molecule has 0 aromatic heterocycles. The lowest BCUT2D eigenvalue weighted by Crippen LogP contribution is -2.52. The molecule has 6 nitrogen and oxygen atoms in total. The van der Waals surface area contributed by atoms with Gasteiger partial charge in [-0.2, -0.15) is 0 Å². The molecule has 6 heteroatoms. The summed E-state index contributed by atoms with van der Waals surface area (Å²) in [7, 11) is 0. The number of rotatable bonds is 6. The Morgan fingerprint density at radius 1 is 1.19 bits per heavy atom. The Hall–Kier alpha value is -1.79. The van der Waals surface area contributed by atoms with Gasteiger partial charge in [-0.1, -0.05) is 25.1 Å². The Morgan fingerprint density at radius 2 is 1.96 bits per heavy atom. The molecule has 0 aliphatic carbocycles. The summed E-state index contributed by atoms with van der Waals surface area (Å²) >= 11 is 0. The Morgan fingerprint density at radius 3 is 2.70 bits per heavy atom. The molecular formula is C21H34N4O2. The van der Waals surface area contributed by atoms with Crippen molar-refractivity contribution in [2.24, 2.45) is 0 Å². The minimum Gasteiger partial charge on any atom is -0.392 e. The molecule has 0 radical (unpaired) electrons. The van der Waals surface area contributed by atoms with Crippen LogP contribution in [0.1, 0.15) is 31.7 Å². The second-order valence-electron chi connectivity index (χ2n) is 7.64. The van der Waals surface area contributed by atoms with Gasteiger partial charge in [0.05, 0.1) is 6.10 Å². The van der Waals surface area contributed by atoms with Gasteiger partial charge in [-0.05, 0) is 50.4 Å². The Kier molecular flexibility index (Phi) is 7.35. The minimum absolute atomic E-state index is 0.0529. The second kappa shape index (κ2) is 9.95. The molecule has 1 aromatic carbocycles. The molecule has 2 aliphatic heterocycles. The molecule has 27 heavy (non-hydrogen) atoms. The van der Waals surface area contributed by atoms with E-state index < -0.39 is 0 Å². The van der Waals surface area contributed by atoms with Crippen LogP contribution in [0.5, 0.6) is 0 Å². The van der Waals surface area contributed by atoms with E-state index in [2.05, 4.69) is 46.3 Å². The molecule has 2 saturated heterocycles. The molecule has 2 heterocycles. The number of hydrogen-bond acceptors (Lipinski definition) is 4. The molecule has 1 aromatic rings. The SMILES string of the molecule is CCc1ccccc1N1CCN(C(=O)NCCCN2CCC[C@H](O)C2)CC1. The maximum atomic E-state index is 12.4.